The van der Waals surface area contributed by atoms with Gasteiger partial charge in [0.1, 0.15) is 11.6 Å². The van der Waals surface area contributed by atoms with Crippen LogP contribution in [0.5, 0.6) is 5.75 Å². The minimum absolute atomic E-state index is 0.119. The molecule has 2 aromatic carbocycles. The van der Waals surface area contributed by atoms with Crippen LogP contribution < -0.4 is 5.32 Å². The van der Waals surface area contributed by atoms with Gasteiger partial charge in [0.25, 0.3) is 0 Å². The lowest BCUT2D eigenvalue weighted by atomic mass is 10.1. The Hall–Kier alpha value is -1.16. The van der Waals surface area contributed by atoms with Crippen LogP contribution in [-0.4, -0.2) is 5.11 Å². The monoisotopic (exact) mass is 333 g/mol. The molecule has 2 rings (SSSR count). The van der Waals surface area contributed by atoms with Gasteiger partial charge in [-0.1, -0.05) is 40.9 Å². The van der Waals surface area contributed by atoms with Gasteiger partial charge in [0.05, 0.1) is 26.8 Å². The molecule has 1 unspecified atom stereocenters. The average molecular weight is 335 g/mol. The molecule has 0 fully saturated rings. The summed E-state index contributed by atoms with van der Waals surface area (Å²) in [6, 6.07) is 6.74. The van der Waals surface area contributed by atoms with E-state index in [4.69, 9.17) is 34.8 Å². The van der Waals surface area contributed by atoms with E-state index in [1.165, 1.54) is 18.2 Å². The zero-order chi connectivity index (χ0) is 14.9. The van der Waals surface area contributed by atoms with Crippen molar-refractivity contribution in [2.24, 2.45) is 0 Å². The third-order valence-electron chi connectivity index (χ3n) is 2.83. The Morgan fingerprint density at radius 2 is 1.70 bits per heavy atom. The van der Waals surface area contributed by atoms with Gasteiger partial charge in [-0.3, -0.25) is 0 Å². The van der Waals surface area contributed by atoms with Gasteiger partial charge < -0.3 is 10.4 Å². The van der Waals surface area contributed by atoms with Crippen molar-refractivity contribution in [3.05, 3.63) is 56.8 Å². The van der Waals surface area contributed by atoms with Crippen LogP contribution in [-0.2, 0) is 0 Å². The van der Waals surface area contributed by atoms with Crippen LogP contribution in [0.4, 0.5) is 10.1 Å². The molecule has 2 nitrogen and oxygen atoms in total. The summed E-state index contributed by atoms with van der Waals surface area (Å²) in [5.41, 5.74) is 0.964. The number of hydrogen-bond acceptors (Lipinski definition) is 2. The molecule has 0 radical (unpaired) electrons. The molecule has 0 heterocycles. The molecule has 0 spiro atoms. The Balaban J connectivity index is 2.27. The number of halogens is 4. The molecule has 0 saturated carbocycles. The summed E-state index contributed by atoms with van der Waals surface area (Å²) >= 11 is 17.8. The van der Waals surface area contributed by atoms with Gasteiger partial charge in [0.15, 0.2) is 0 Å². The third kappa shape index (κ3) is 3.29. The molecule has 106 valence electrons. The fourth-order valence-corrected chi connectivity index (χ4v) is 2.41. The number of aromatic hydroxyl groups is 1. The van der Waals surface area contributed by atoms with E-state index in [0.29, 0.717) is 26.3 Å². The zero-order valence-corrected chi connectivity index (χ0v) is 12.7. The summed E-state index contributed by atoms with van der Waals surface area (Å²) in [6.07, 6.45) is 0. The normalized spacial score (nSPS) is 12.2. The third-order valence-corrected chi connectivity index (χ3v) is 3.87. The van der Waals surface area contributed by atoms with E-state index >= 15 is 0 Å². The van der Waals surface area contributed by atoms with Gasteiger partial charge in [-0.25, -0.2) is 4.39 Å². The lowest BCUT2D eigenvalue weighted by molar-refractivity contribution is 0.467. The first kappa shape index (κ1) is 15.2. The van der Waals surface area contributed by atoms with E-state index < -0.39 is 5.82 Å². The lowest BCUT2D eigenvalue weighted by Gasteiger charge is -2.18. The number of hydrogen-bond donors (Lipinski definition) is 2. The van der Waals surface area contributed by atoms with Crippen molar-refractivity contribution >= 4 is 40.5 Å². The van der Waals surface area contributed by atoms with Crippen molar-refractivity contribution in [1.82, 2.24) is 0 Å². The molecule has 2 N–H and O–H groups in total. The van der Waals surface area contributed by atoms with Gasteiger partial charge in [-0.05, 0) is 25.1 Å². The highest BCUT2D eigenvalue weighted by molar-refractivity contribution is 6.44. The van der Waals surface area contributed by atoms with Gasteiger partial charge in [-0.15, -0.1) is 0 Å². The van der Waals surface area contributed by atoms with Crippen molar-refractivity contribution < 1.29 is 9.50 Å². The zero-order valence-electron chi connectivity index (χ0n) is 10.4. The molecule has 20 heavy (non-hydrogen) atoms. The molecule has 0 aliphatic heterocycles. The largest absolute Gasteiger partial charge is 0.508 e. The highest BCUT2D eigenvalue weighted by atomic mass is 35.5. The van der Waals surface area contributed by atoms with Gasteiger partial charge in [0, 0.05) is 11.6 Å². The SMILES string of the molecule is CC(Nc1cc(Cl)c(Cl)cc1Cl)c1ccc(O)cc1F. The lowest BCUT2D eigenvalue weighted by Crippen LogP contribution is -2.09. The fourth-order valence-electron chi connectivity index (χ4n) is 1.81. The van der Waals surface area contributed by atoms with Crippen molar-refractivity contribution in [2.75, 3.05) is 5.32 Å². The maximum atomic E-state index is 13.8. The summed E-state index contributed by atoms with van der Waals surface area (Å²) in [4.78, 5) is 0. The Morgan fingerprint density at radius 3 is 2.35 bits per heavy atom. The van der Waals surface area contributed by atoms with Crippen LogP contribution in [0.15, 0.2) is 30.3 Å². The second-order valence-electron chi connectivity index (χ2n) is 4.32. The minimum atomic E-state index is -0.499. The maximum absolute atomic E-state index is 13.8. The second-order valence-corrected chi connectivity index (χ2v) is 5.54. The van der Waals surface area contributed by atoms with Gasteiger partial charge in [-0.2, -0.15) is 0 Å². The highest BCUT2D eigenvalue weighted by Gasteiger charge is 2.14. The number of anilines is 1. The van der Waals surface area contributed by atoms with E-state index in [9.17, 15) is 9.50 Å². The van der Waals surface area contributed by atoms with Crippen LogP contribution >= 0.6 is 34.8 Å². The first-order valence-electron chi connectivity index (χ1n) is 5.78. The molecule has 6 heteroatoms. The minimum Gasteiger partial charge on any atom is -0.508 e. The van der Waals surface area contributed by atoms with E-state index in [1.54, 1.807) is 13.0 Å². The summed E-state index contributed by atoms with van der Waals surface area (Å²) in [7, 11) is 0. The molecule has 1 atom stereocenters. The van der Waals surface area contributed by atoms with Crippen molar-refractivity contribution in [1.29, 1.82) is 0 Å². The van der Waals surface area contributed by atoms with Crippen LogP contribution in [0.1, 0.15) is 18.5 Å². The predicted molar refractivity (Wildman–Crippen MR) is 81.6 cm³/mol. The molecule has 2 aromatic rings. The highest BCUT2D eigenvalue weighted by Crippen LogP contribution is 2.34. The topological polar surface area (TPSA) is 32.3 Å². The number of benzene rings is 2. The number of phenols is 1. The summed E-state index contributed by atoms with van der Waals surface area (Å²) in [5.74, 6) is -0.618. The number of phenolic OH excluding ortho intramolecular Hbond substituents is 1. The number of rotatable bonds is 3. The molecular weight excluding hydrogens is 324 g/mol. The summed E-state index contributed by atoms with van der Waals surface area (Å²) < 4.78 is 13.8. The molecule has 0 aliphatic rings. The molecule has 0 aliphatic carbocycles. The standard InChI is InChI=1S/C14H11Cl3FNO/c1-7(9-3-2-8(20)4-13(9)18)19-14-6-11(16)10(15)5-12(14)17/h2-7,19-20H,1H3. The van der Waals surface area contributed by atoms with Crippen molar-refractivity contribution in [2.45, 2.75) is 13.0 Å². The van der Waals surface area contributed by atoms with Crippen LogP contribution in [0.3, 0.4) is 0 Å². The predicted octanol–water partition coefficient (Wildman–Crippen LogP) is 5.66. The van der Waals surface area contributed by atoms with Crippen LogP contribution in [0.25, 0.3) is 0 Å². The van der Waals surface area contributed by atoms with Crippen molar-refractivity contribution in [3.63, 3.8) is 0 Å². The first-order valence-corrected chi connectivity index (χ1v) is 6.91. The molecule has 0 amide bonds. The molecule has 0 bridgehead atoms. The fraction of sp³-hybridized carbons (Fsp3) is 0.143. The Bertz CT molecular complexity index is 649. The van der Waals surface area contributed by atoms with Crippen LogP contribution in [0, 0.1) is 5.82 Å². The average Bonchev–Trinajstić information content (AvgIpc) is 2.35. The smallest absolute Gasteiger partial charge is 0.132 e. The Morgan fingerprint density at radius 1 is 1.05 bits per heavy atom. The van der Waals surface area contributed by atoms with E-state index in [2.05, 4.69) is 5.32 Å². The van der Waals surface area contributed by atoms with E-state index in [-0.39, 0.29) is 11.8 Å². The molecule has 0 aromatic heterocycles. The number of nitrogens with one attached hydrogen (secondary N) is 1. The maximum Gasteiger partial charge on any atom is 0.132 e. The molecule has 0 saturated heterocycles. The first-order chi connectivity index (χ1) is 9.38. The van der Waals surface area contributed by atoms with Crippen LogP contribution in [0.2, 0.25) is 15.1 Å². The van der Waals surface area contributed by atoms with Gasteiger partial charge >= 0.3 is 0 Å². The Labute approximate surface area is 131 Å². The van der Waals surface area contributed by atoms with E-state index in [0.717, 1.165) is 6.07 Å². The van der Waals surface area contributed by atoms with E-state index in [1.807, 2.05) is 0 Å². The summed E-state index contributed by atoms with van der Waals surface area (Å²) in [5, 5.41) is 13.4. The molecular formula is C14H11Cl3FNO. The van der Waals surface area contributed by atoms with Crippen molar-refractivity contribution in [3.8, 4) is 5.75 Å². The van der Waals surface area contributed by atoms with Gasteiger partial charge in [0.2, 0.25) is 0 Å². The quantitative estimate of drug-likeness (QED) is 0.709. The summed E-state index contributed by atoms with van der Waals surface area (Å²) in [6.45, 7) is 1.77. The Kier molecular flexibility index (Phi) is 4.63. The second kappa shape index (κ2) is 6.08.